The van der Waals surface area contributed by atoms with E-state index in [9.17, 15) is 13.9 Å². The van der Waals surface area contributed by atoms with E-state index >= 15 is 0 Å². The molecule has 2 heterocycles. The molecule has 2 aromatic heterocycles. The van der Waals surface area contributed by atoms with Gasteiger partial charge in [-0.25, -0.2) is 9.67 Å². The Hall–Kier alpha value is -3.19. The second-order valence-corrected chi connectivity index (χ2v) is 6.89. The fourth-order valence-electron chi connectivity index (χ4n) is 3.30. The largest absolute Gasteiger partial charge is 0.507 e. The van der Waals surface area contributed by atoms with Gasteiger partial charge in [0.15, 0.2) is 0 Å². The first-order valence-electron chi connectivity index (χ1n) is 8.78. The number of alkyl halides is 2. The predicted molar refractivity (Wildman–Crippen MR) is 106 cm³/mol. The summed E-state index contributed by atoms with van der Waals surface area (Å²) in [6.45, 7) is -1.30. The van der Waals surface area contributed by atoms with Crippen LogP contribution in [-0.4, -0.2) is 26.5 Å². The molecule has 148 valence electrons. The number of ether oxygens (including phenoxy) is 1. The van der Waals surface area contributed by atoms with Gasteiger partial charge in [0, 0.05) is 29.8 Å². The highest BCUT2D eigenvalue weighted by Gasteiger charge is 2.20. The molecule has 0 unspecified atom stereocenters. The number of phenolic OH excluding ortho intramolecular Hbond substituents is 1. The van der Waals surface area contributed by atoms with E-state index in [1.807, 2.05) is 36.5 Å². The first kappa shape index (κ1) is 19.1. The van der Waals surface area contributed by atoms with Gasteiger partial charge in [-0.2, -0.15) is 13.9 Å². The summed E-state index contributed by atoms with van der Waals surface area (Å²) in [5.41, 5.74) is 3.01. The smallest absolute Gasteiger partial charge is 0.388 e. The average Bonchev–Trinajstić information content (AvgIpc) is 3.22. The van der Waals surface area contributed by atoms with Crippen molar-refractivity contribution in [3.05, 3.63) is 76.6 Å². The molecular formula is C21H16ClF2N3O2. The van der Waals surface area contributed by atoms with Crippen LogP contribution in [0.4, 0.5) is 8.78 Å². The Kier molecular flexibility index (Phi) is 5.07. The van der Waals surface area contributed by atoms with Gasteiger partial charge >= 0.3 is 6.61 Å². The molecule has 0 saturated heterocycles. The Bertz CT molecular complexity index is 1160. The van der Waals surface area contributed by atoms with E-state index in [0.717, 1.165) is 11.3 Å². The minimum absolute atomic E-state index is 0.0201. The van der Waals surface area contributed by atoms with Crippen LogP contribution in [0.2, 0.25) is 5.02 Å². The maximum atomic E-state index is 13.0. The van der Waals surface area contributed by atoms with Gasteiger partial charge < -0.3 is 9.84 Å². The Balaban J connectivity index is 1.79. The fraction of sp³-hybridized carbons (Fsp3) is 0.143. The van der Waals surface area contributed by atoms with Crippen molar-refractivity contribution in [1.29, 1.82) is 0 Å². The molecule has 29 heavy (non-hydrogen) atoms. The van der Waals surface area contributed by atoms with E-state index in [4.69, 9.17) is 11.6 Å². The summed E-state index contributed by atoms with van der Waals surface area (Å²) in [5.74, 6) is -0.220. The van der Waals surface area contributed by atoms with Crippen LogP contribution in [0.5, 0.6) is 11.6 Å². The zero-order valence-corrected chi connectivity index (χ0v) is 16.1. The lowest BCUT2D eigenvalue weighted by Crippen LogP contribution is -2.09. The molecule has 0 aliphatic heterocycles. The molecule has 0 aliphatic carbocycles. The maximum absolute atomic E-state index is 13.0. The lowest BCUT2D eigenvalue weighted by Gasteiger charge is -2.16. The molecule has 2 aromatic carbocycles. The van der Waals surface area contributed by atoms with Crippen molar-refractivity contribution < 1.29 is 18.6 Å². The quantitative estimate of drug-likeness (QED) is 0.481. The summed E-state index contributed by atoms with van der Waals surface area (Å²) in [4.78, 5) is 4.18. The van der Waals surface area contributed by atoms with E-state index in [2.05, 4.69) is 14.8 Å². The Labute approximate surface area is 170 Å². The van der Waals surface area contributed by atoms with Crippen LogP contribution in [-0.2, 0) is 6.42 Å². The molecule has 8 heteroatoms. The molecule has 0 amide bonds. The molecule has 0 fully saturated rings. The van der Waals surface area contributed by atoms with Gasteiger partial charge in [-0.3, -0.25) is 0 Å². The number of aromatic hydroxyl groups is 1. The van der Waals surface area contributed by atoms with Crippen LogP contribution < -0.4 is 4.74 Å². The SMILES string of the molecule is Cc1c(Cc2ccc(-n3cccn3)cc2)c(OC(F)F)nc2c(Cl)ccc(O)c12. The second kappa shape index (κ2) is 7.67. The van der Waals surface area contributed by atoms with E-state index in [-0.39, 0.29) is 22.2 Å². The molecule has 1 N–H and O–H groups in total. The van der Waals surface area contributed by atoms with Crippen molar-refractivity contribution >= 4 is 22.5 Å². The summed E-state index contributed by atoms with van der Waals surface area (Å²) < 4.78 is 32.4. The van der Waals surface area contributed by atoms with Crippen LogP contribution in [0.25, 0.3) is 16.6 Å². The molecule has 0 saturated carbocycles. The van der Waals surface area contributed by atoms with Gasteiger partial charge in [-0.05, 0) is 48.4 Å². The summed E-state index contributed by atoms with van der Waals surface area (Å²) in [6.07, 6.45) is 3.80. The molecule has 0 atom stereocenters. The fourth-order valence-corrected chi connectivity index (χ4v) is 3.50. The summed E-state index contributed by atoms with van der Waals surface area (Å²) in [7, 11) is 0. The van der Waals surface area contributed by atoms with Gasteiger partial charge in [-0.1, -0.05) is 23.7 Å². The van der Waals surface area contributed by atoms with Crippen molar-refractivity contribution in [2.45, 2.75) is 20.0 Å². The average molecular weight is 416 g/mol. The Morgan fingerprint density at radius 1 is 1.17 bits per heavy atom. The van der Waals surface area contributed by atoms with Crippen LogP contribution in [0.1, 0.15) is 16.7 Å². The molecular weight excluding hydrogens is 400 g/mol. The number of aryl methyl sites for hydroxylation is 1. The number of phenols is 1. The first-order chi connectivity index (χ1) is 13.9. The normalized spacial score (nSPS) is 11.3. The third-order valence-corrected chi connectivity index (χ3v) is 5.00. The zero-order valence-electron chi connectivity index (χ0n) is 15.3. The third-order valence-electron chi connectivity index (χ3n) is 4.69. The zero-order chi connectivity index (χ0) is 20.5. The number of nitrogens with zero attached hydrogens (tertiary/aromatic N) is 3. The lowest BCUT2D eigenvalue weighted by atomic mass is 9.97. The number of aromatic nitrogens is 3. The molecule has 4 rings (SSSR count). The number of benzene rings is 2. The summed E-state index contributed by atoms with van der Waals surface area (Å²) in [6, 6.07) is 12.3. The Morgan fingerprint density at radius 2 is 1.93 bits per heavy atom. The van der Waals surface area contributed by atoms with Gasteiger partial charge in [-0.15, -0.1) is 0 Å². The van der Waals surface area contributed by atoms with Gasteiger partial charge in [0.2, 0.25) is 5.88 Å². The highest BCUT2D eigenvalue weighted by atomic mass is 35.5. The highest BCUT2D eigenvalue weighted by Crippen LogP contribution is 2.38. The summed E-state index contributed by atoms with van der Waals surface area (Å²) in [5, 5.41) is 15.1. The number of hydrogen-bond acceptors (Lipinski definition) is 4. The van der Waals surface area contributed by atoms with Crippen LogP contribution in [0, 0.1) is 6.92 Å². The number of halogens is 3. The van der Waals surface area contributed by atoms with Crippen molar-refractivity contribution in [3.63, 3.8) is 0 Å². The standard InChI is InChI=1S/C21H16ClF2N3O2/c1-12-15(11-13-3-5-14(6-4-13)27-10-2-9-25-27)20(29-21(23)24)26-19-16(22)7-8-17(28)18(12)19/h2-10,21,28H,11H2,1H3. The van der Waals surface area contributed by atoms with Gasteiger partial charge in [0.25, 0.3) is 0 Å². The lowest BCUT2D eigenvalue weighted by molar-refractivity contribution is -0.0532. The van der Waals surface area contributed by atoms with Gasteiger partial charge in [0.05, 0.1) is 16.2 Å². The number of hydrogen-bond donors (Lipinski definition) is 1. The maximum Gasteiger partial charge on any atom is 0.388 e. The monoisotopic (exact) mass is 415 g/mol. The van der Waals surface area contributed by atoms with Crippen molar-refractivity contribution in [2.24, 2.45) is 0 Å². The van der Waals surface area contributed by atoms with Crippen LogP contribution >= 0.6 is 11.6 Å². The summed E-state index contributed by atoms with van der Waals surface area (Å²) >= 11 is 6.16. The number of rotatable bonds is 5. The minimum atomic E-state index is -3.03. The number of pyridine rings is 1. The van der Waals surface area contributed by atoms with Crippen molar-refractivity contribution in [1.82, 2.24) is 14.8 Å². The van der Waals surface area contributed by atoms with E-state index in [1.54, 1.807) is 17.8 Å². The topological polar surface area (TPSA) is 60.2 Å². The Morgan fingerprint density at radius 3 is 2.59 bits per heavy atom. The van der Waals surface area contributed by atoms with Crippen molar-refractivity contribution in [2.75, 3.05) is 0 Å². The van der Waals surface area contributed by atoms with Crippen LogP contribution in [0.15, 0.2) is 54.9 Å². The minimum Gasteiger partial charge on any atom is -0.507 e. The second-order valence-electron chi connectivity index (χ2n) is 6.48. The van der Waals surface area contributed by atoms with Gasteiger partial charge in [0.1, 0.15) is 5.75 Å². The molecule has 0 aliphatic rings. The third kappa shape index (κ3) is 3.73. The highest BCUT2D eigenvalue weighted by molar-refractivity contribution is 6.35. The van der Waals surface area contributed by atoms with Crippen molar-refractivity contribution in [3.8, 4) is 17.3 Å². The molecule has 4 aromatic rings. The van der Waals surface area contributed by atoms with E-state index in [0.29, 0.717) is 22.9 Å². The first-order valence-corrected chi connectivity index (χ1v) is 9.16. The van der Waals surface area contributed by atoms with E-state index < -0.39 is 6.61 Å². The molecule has 0 radical (unpaired) electrons. The molecule has 5 nitrogen and oxygen atoms in total. The van der Waals surface area contributed by atoms with Crippen LogP contribution in [0.3, 0.4) is 0 Å². The number of fused-ring (bicyclic) bond motifs is 1. The molecule has 0 spiro atoms. The predicted octanol–water partition coefficient (Wildman–Crippen LogP) is 5.28. The van der Waals surface area contributed by atoms with E-state index in [1.165, 1.54) is 12.1 Å². The molecule has 0 bridgehead atoms.